The fourth-order valence-electron chi connectivity index (χ4n) is 2.49. The van der Waals surface area contributed by atoms with Crippen molar-refractivity contribution >= 4 is 11.0 Å². The van der Waals surface area contributed by atoms with Gasteiger partial charge in [-0.25, -0.2) is 13.8 Å². The SMILES string of the molecule is OCc1nc2ccccc2n1CC(O)c1ccc(F)cc1F. The number of hydrogen-bond acceptors (Lipinski definition) is 3. The van der Waals surface area contributed by atoms with Gasteiger partial charge in [-0.15, -0.1) is 0 Å². The molecule has 0 fully saturated rings. The van der Waals surface area contributed by atoms with E-state index < -0.39 is 17.7 Å². The number of imidazole rings is 1. The average molecular weight is 304 g/mol. The zero-order valence-electron chi connectivity index (χ0n) is 11.6. The zero-order valence-corrected chi connectivity index (χ0v) is 11.6. The maximum Gasteiger partial charge on any atom is 0.135 e. The molecule has 1 atom stereocenters. The minimum Gasteiger partial charge on any atom is -0.388 e. The second-order valence-electron chi connectivity index (χ2n) is 4.97. The average Bonchev–Trinajstić information content (AvgIpc) is 2.85. The zero-order chi connectivity index (χ0) is 15.7. The van der Waals surface area contributed by atoms with Gasteiger partial charge in [0.25, 0.3) is 0 Å². The number of nitrogens with zero attached hydrogens (tertiary/aromatic N) is 2. The predicted octanol–water partition coefficient (Wildman–Crippen LogP) is 2.54. The summed E-state index contributed by atoms with van der Waals surface area (Å²) in [5, 5.41) is 19.7. The molecule has 0 aliphatic heterocycles. The van der Waals surface area contributed by atoms with E-state index in [9.17, 15) is 19.0 Å². The smallest absolute Gasteiger partial charge is 0.135 e. The van der Waals surface area contributed by atoms with Crippen molar-refractivity contribution < 1.29 is 19.0 Å². The number of para-hydroxylation sites is 2. The Morgan fingerprint density at radius 1 is 1.14 bits per heavy atom. The van der Waals surface area contributed by atoms with Gasteiger partial charge < -0.3 is 14.8 Å². The fourth-order valence-corrected chi connectivity index (χ4v) is 2.49. The van der Waals surface area contributed by atoms with Gasteiger partial charge in [-0.3, -0.25) is 0 Å². The molecular weight excluding hydrogens is 290 g/mol. The Bertz CT molecular complexity index is 817. The number of aromatic nitrogens is 2. The molecule has 0 amide bonds. The topological polar surface area (TPSA) is 58.3 Å². The minimum atomic E-state index is -1.18. The van der Waals surface area contributed by atoms with E-state index in [0.29, 0.717) is 11.3 Å². The molecule has 2 aromatic carbocycles. The van der Waals surface area contributed by atoms with E-state index in [2.05, 4.69) is 4.98 Å². The highest BCUT2D eigenvalue weighted by Crippen LogP contribution is 2.23. The summed E-state index contributed by atoms with van der Waals surface area (Å²) in [5.74, 6) is -1.12. The fraction of sp³-hybridized carbons (Fsp3) is 0.188. The molecule has 3 aromatic rings. The van der Waals surface area contributed by atoms with Crippen LogP contribution in [-0.2, 0) is 13.2 Å². The first-order chi connectivity index (χ1) is 10.6. The monoisotopic (exact) mass is 304 g/mol. The van der Waals surface area contributed by atoms with Crippen molar-refractivity contribution in [3.05, 3.63) is 65.5 Å². The first kappa shape index (κ1) is 14.6. The summed E-state index contributed by atoms with van der Waals surface area (Å²) < 4.78 is 28.3. The largest absolute Gasteiger partial charge is 0.388 e. The standard InChI is InChI=1S/C16H14F2N2O2/c17-10-5-6-11(12(18)7-10)15(22)8-20-14-4-2-1-3-13(14)19-16(20)9-21/h1-7,15,21-22H,8-9H2. The molecule has 0 aliphatic carbocycles. The number of fused-ring (bicyclic) bond motifs is 1. The molecule has 22 heavy (non-hydrogen) atoms. The summed E-state index contributed by atoms with van der Waals surface area (Å²) in [6.45, 7) is -0.285. The van der Waals surface area contributed by atoms with Crippen LogP contribution in [0.25, 0.3) is 11.0 Å². The lowest BCUT2D eigenvalue weighted by Crippen LogP contribution is -2.13. The molecule has 0 bridgehead atoms. The van der Waals surface area contributed by atoms with Crippen molar-refractivity contribution in [2.45, 2.75) is 19.3 Å². The Kier molecular flexibility index (Phi) is 3.87. The van der Waals surface area contributed by atoms with Crippen molar-refractivity contribution in [3.63, 3.8) is 0 Å². The van der Waals surface area contributed by atoms with E-state index in [4.69, 9.17) is 0 Å². The van der Waals surface area contributed by atoms with Crippen molar-refractivity contribution in [3.8, 4) is 0 Å². The summed E-state index contributed by atoms with van der Waals surface area (Å²) in [7, 11) is 0. The van der Waals surface area contributed by atoms with Crippen LogP contribution in [0.15, 0.2) is 42.5 Å². The van der Waals surface area contributed by atoms with E-state index >= 15 is 0 Å². The van der Waals surface area contributed by atoms with Crippen molar-refractivity contribution in [2.24, 2.45) is 0 Å². The highest BCUT2D eigenvalue weighted by atomic mass is 19.1. The third-order valence-electron chi connectivity index (χ3n) is 3.55. The van der Waals surface area contributed by atoms with Crippen molar-refractivity contribution in [1.82, 2.24) is 9.55 Å². The summed E-state index contributed by atoms with van der Waals surface area (Å²) in [5.41, 5.74) is 1.41. The lowest BCUT2D eigenvalue weighted by atomic mass is 10.1. The molecule has 3 rings (SSSR count). The van der Waals surface area contributed by atoms with Gasteiger partial charge in [-0.2, -0.15) is 0 Å². The number of rotatable bonds is 4. The van der Waals surface area contributed by atoms with Crippen LogP contribution < -0.4 is 0 Å². The Morgan fingerprint density at radius 2 is 1.91 bits per heavy atom. The molecule has 1 heterocycles. The minimum absolute atomic E-state index is 0.00284. The van der Waals surface area contributed by atoms with Crippen LogP contribution in [0.4, 0.5) is 8.78 Å². The summed E-state index contributed by atoms with van der Waals surface area (Å²) in [6, 6.07) is 10.3. The molecule has 0 radical (unpaired) electrons. The first-order valence-corrected chi connectivity index (χ1v) is 6.78. The molecule has 0 saturated carbocycles. The van der Waals surface area contributed by atoms with Crippen molar-refractivity contribution in [2.75, 3.05) is 0 Å². The van der Waals surface area contributed by atoms with Crippen LogP contribution in [0.2, 0.25) is 0 Å². The second-order valence-corrected chi connectivity index (χ2v) is 4.97. The maximum absolute atomic E-state index is 13.8. The first-order valence-electron chi connectivity index (χ1n) is 6.78. The molecule has 1 unspecified atom stereocenters. The molecule has 2 N–H and O–H groups in total. The summed E-state index contributed by atoms with van der Waals surface area (Å²) in [4.78, 5) is 4.26. The van der Waals surface area contributed by atoms with Gasteiger partial charge in [0.05, 0.1) is 23.7 Å². The van der Waals surface area contributed by atoms with Crippen LogP contribution in [0.1, 0.15) is 17.5 Å². The van der Waals surface area contributed by atoms with E-state index in [1.165, 1.54) is 6.07 Å². The van der Waals surface area contributed by atoms with E-state index in [-0.39, 0.29) is 18.7 Å². The maximum atomic E-state index is 13.8. The molecule has 0 saturated heterocycles. The Hall–Kier alpha value is -2.31. The van der Waals surface area contributed by atoms with E-state index in [0.717, 1.165) is 17.6 Å². The van der Waals surface area contributed by atoms with Gasteiger partial charge >= 0.3 is 0 Å². The van der Waals surface area contributed by atoms with Gasteiger partial charge in [0.1, 0.15) is 24.1 Å². The van der Waals surface area contributed by atoms with Crippen molar-refractivity contribution in [1.29, 1.82) is 0 Å². The third-order valence-corrected chi connectivity index (χ3v) is 3.55. The molecule has 6 heteroatoms. The number of halogens is 2. The van der Waals surface area contributed by atoms with Crippen LogP contribution >= 0.6 is 0 Å². The number of hydrogen-bond donors (Lipinski definition) is 2. The van der Waals surface area contributed by atoms with Gasteiger partial charge in [-0.05, 0) is 18.2 Å². The van der Waals surface area contributed by atoms with Crippen LogP contribution in [0.3, 0.4) is 0 Å². The summed E-state index contributed by atoms with van der Waals surface area (Å²) >= 11 is 0. The van der Waals surface area contributed by atoms with Gasteiger partial charge in [0, 0.05) is 11.6 Å². The predicted molar refractivity (Wildman–Crippen MR) is 77.0 cm³/mol. The lowest BCUT2D eigenvalue weighted by Gasteiger charge is -2.15. The highest BCUT2D eigenvalue weighted by Gasteiger charge is 2.18. The molecule has 1 aromatic heterocycles. The molecule has 4 nitrogen and oxygen atoms in total. The number of aliphatic hydroxyl groups excluding tert-OH is 2. The number of aliphatic hydroxyl groups is 2. The molecule has 114 valence electrons. The van der Waals surface area contributed by atoms with Gasteiger partial charge in [0.2, 0.25) is 0 Å². The Balaban J connectivity index is 1.98. The lowest BCUT2D eigenvalue weighted by molar-refractivity contribution is 0.149. The van der Waals surface area contributed by atoms with Gasteiger partial charge in [0.15, 0.2) is 0 Å². The normalized spacial score (nSPS) is 12.7. The quantitative estimate of drug-likeness (QED) is 0.779. The van der Waals surface area contributed by atoms with E-state index in [1.807, 2.05) is 12.1 Å². The molecular formula is C16H14F2N2O2. The molecule has 0 aliphatic rings. The van der Waals surface area contributed by atoms with Crippen LogP contribution in [0, 0.1) is 11.6 Å². The Morgan fingerprint density at radius 3 is 2.64 bits per heavy atom. The van der Waals surface area contributed by atoms with E-state index in [1.54, 1.807) is 16.7 Å². The van der Waals surface area contributed by atoms with Gasteiger partial charge in [-0.1, -0.05) is 18.2 Å². The third kappa shape index (κ3) is 2.58. The van der Waals surface area contributed by atoms with Crippen LogP contribution in [0.5, 0.6) is 0 Å². The summed E-state index contributed by atoms with van der Waals surface area (Å²) in [6.07, 6.45) is -1.18. The van der Waals surface area contributed by atoms with Crippen LogP contribution in [-0.4, -0.2) is 19.8 Å². The highest BCUT2D eigenvalue weighted by molar-refractivity contribution is 5.75. The second kappa shape index (κ2) is 5.82. The molecule has 0 spiro atoms. The number of benzene rings is 2. The Labute approximate surface area is 125 Å².